The molecule has 2 N–H and O–H groups in total. The summed E-state index contributed by atoms with van der Waals surface area (Å²) in [7, 11) is 0. The average molecular weight is 769 g/mol. The van der Waals surface area contributed by atoms with Crippen LogP contribution in [0.1, 0.15) is 134 Å². The van der Waals surface area contributed by atoms with Crippen LogP contribution >= 0.6 is 0 Å². The highest BCUT2D eigenvalue weighted by molar-refractivity contribution is 5.86. The van der Waals surface area contributed by atoms with Crippen molar-refractivity contribution >= 4 is 23.2 Å². The maximum absolute atomic E-state index is 13.2. The van der Waals surface area contributed by atoms with E-state index < -0.39 is 11.2 Å². The summed E-state index contributed by atoms with van der Waals surface area (Å²) in [5.41, 5.74) is 10.9. The number of aromatic amines is 2. The monoisotopic (exact) mass is 768 g/mol. The maximum atomic E-state index is 13.2. The summed E-state index contributed by atoms with van der Waals surface area (Å²) in [5.74, 6) is 3.49. The van der Waals surface area contributed by atoms with Gasteiger partial charge in [-0.15, -0.1) is 0 Å². The molecule has 5 aromatic rings. The molecule has 298 valence electrons. The Morgan fingerprint density at radius 2 is 1.19 bits per heavy atom. The zero-order chi connectivity index (χ0) is 40.0. The van der Waals surface area contributed by atoms with E-state index >= 15 is 0 Å². The Labute approximate surface area is 335 Å². The van der Waals surface area contributed by atoms with Gasteiger partial charge in [-0.2, -0.15) is 0 Å². The molecule has 2 saturated heterocycles. The standard InChI is InChI=1S/C47H56N6O4/c1-26-19-38(52(24-26)44(54)56-46(3,4)5)42-48-23-37(51-42)29-11-9-28(10-12-29)33-16-17-34(41-32-14-13-31(21-32)40(33)41)30-15-18-35-36(22-30)50-43(49-35)39-20-27(2)25-53(39)45(55)57-47(6,7)8/h9-12,15-18,22-23,26-27,31-32,38-39H,13-14,19-21,24-25H2,1-8H3,(H,48,51)(H,49,50)/t26-,27-,31?,32?,38+,39+/m1/s1. The number of nitrogens with one attached hydrogen (secondary N) is 2. The first-order valence-corrected chi connectivity index (χ1v) is 20.9. The van der Waals surface area contributed by atoms with Crippen molar-refractivity contribution in [2.24, 2.45) is 11.8 Å². The smallest absolute Gasteiger partial charge is 0.410 e. The number of imidazole rings is 2. The van der Waals surface area contributed by atoms with E-state index in [9.17, 15) is 9.59 Å². The van der Waals surface area contributed by atoms with Crippen molar-refractivity contribution in [3.8, 4) is 33.5 Å². The zero-order valence-corrected chi connectivity index (χ0v) is 34.6. The summed E-state index contributed by atoms with van der Waals surface area (Å²) in [6, 6.07) is 19.8. The first-order chi connectivity index (χ1) is 27.1. The van der Waals surface area contributed by atoms with Gasteiger partial charge in [0, 0.05) is 13.1 Å². The molecule has 2 aromatic heterocycles. The lowest BCUT2D eigenvalue weighted by atomic mass is 9.81. The molecule has 3 fully saturated rings. The Balaban J connectivity index is 0.977. The molecule has 10 nitrogen and oxygen atoms in total. The second-order valence-electron chi connectivity index (χ2n) is 19.3. The number of aromatic nitrogens is 4. The van der Waals surface area contributed by atoms with Crippen LogP contribution in [0.25, 0.3) is 44.5 Å². The number of benzene rings is 3. The first-order valence-electron chi connectivity index (χ1n) is 20.9. The van der Waals surface area contributed by atoms with E-state index in [1.807, 2.05) is 57.5 Å². The van der Waals surface area contributed by atoms with Crippen LogP contribution in [-0.2, 0) is 9.47 Å². The molecule has 9 rings (SSSR count). The summed E-state index contributed by atoms with van der Waals surface area (Å²) in [4.78, 5) is 46.9. The Hall–Kier alpha value is -5.12. The van der Waals surface area contributed by atoms with Crippen LogP contribution in [0.3, 0.4) is 0 Å². The average Bonchev–Trinajstić information content (AvgIpc) is 4.00. The van der Waals surface area contributed by atoms with Gasteiger partial charge in [0.1, 0.15) is 22.9 Å². The molecule has 2 unspecified atom stereocenters. The zero-order valence-electron chi connectivity index (χ0n) is 34.6. The number of carbonyl (C=O) groups excluding carboxylic acids is 2. The van der Waals surface area contributed by atoms with Crippen molar-refractivity contribution in [1.29, 1.82) is 0 Å². The number of H-pyrrole nitrogens is 2. The number of amides is 2. The minimum absolute atomic E-state index is 0.138. The molecule has 4 heterocycles. The molecule has 3 aromatic carbocycles. The molecular weight excluding hydrogens is 713 g/mol. The highest BCUT2D eigenvalue weighted by atomic mass is 16.6. The summed E-state index contributed by atoms with van der Waals surface area (Å²) in [6.07, 6.45) is 6.70. The van der Waals surface area contributed by atoms with E-state index in [0.717, 1.165) is 46.8 Å². The number of fused-ring (bicyclic) bond motifs is 6. The number of hydrogen-bond acceptors (Lipinski definition) is 6. The fraction of sp³-hybridized carbons (Fsp3) is 0.489. The minimum atomic E-state index is -0.552. The highest BCUT2D eigenvalue weighted by Crippen LogP contribution is 2.58. The Morgan fingerprint density at radius 1 is 0.667 bits per heavy atom. The maximum Gasteiger partial charge on any atom is 0.410 e. The normalized spacial score (nSPS) is 24.4. The van der Waals surface area contributed by atoms with Crippen molar-refractivity contribution in [3.63, 3.8) is 0 Å². The Bertz CT molecular complexity index is 2350. The molecule has 2 aliphatic carbocycles. The predicted octanol–water partition coefficient (Wildman–Crippen LogP) is 11.3. The van der Waals surface area contributed by atoms with Gasteiger partial charge in [-0.05, 0) is 148 Å². The van der Waals surface area contributed by atoms with Crippen molar-refractivity contribution in [1.82, 2.24) is 29.7 Å². The second-order valence-corrected chi connectivity index (χ2v) is 19.3. The van der Waals surface area contributed by atoms with Gasteiger partial charge in [0.2, 0.25) is 0 Å². The van der Waals surface area contributed by atoms with Crippen molar-refractivity contribution in [2.45, 2.75) is 123 Å². The van der Waals surface area contributed by atoms with E-state index in [1.54, 1.807) is 0 Å². The number of hydrogen-bond donors (Lipinski definition) is 2. The van der Waals surface area contributed by atoms with E-state index in [4.69, 9.17) is 19.4 Å². The second kappa shape index (κ2) is 13.8. The van der Waals surface area contributed by atoms with Gasteiger partial charge in [-0.1, -0.05) is 56.3 Å². The minimum Gasteiger partial charge on any atom is -0.444 e. The van der Waals surface area contributed by atoms with E-state index in [-0.39, 0.29) is 24.3 Å². The van der Waals surface area contributed by atoms with Crippen LogP contribution in [-0.4, -0.2) is 66.2 Å². The lowest BCUT2D eigenvalue weighted by Gasteiger charge is -2.27. The lowest BCUT2D eigenvalue weighted by Crippen LogP contribution is -2.37. The Morgan fingerprint density at radius 3 is 1.77 bits per heavy atom. The molecule has 0 radical (unpaired) electrons. The first kappa shape index (κ1) is 37.5. The molecular formula is C47H56N6O4. The lowest BCUT2D eigenvalue weighted by molar-refractivity contribution is 0.0204. The van der Waals surface area contributed by atoms with Crippen LogP contribution in [0, 0.1) is 11.8 Å². The van der Waals surface area contributed by atoms with Crippen LogP contribution in [0.2, 0.25) is 0 Å². The predicted molar refractivity (Wildman–Crippen MR) is 223 cm³/mol. The van der Waals surface area contributed by atoms with Gasteiger partial charge in [-0.25, -0.2) is 19.6 Å². The largest absolute Gasteiger partial charge is 0.444 e. The molecule has 4 aliphatic rings. The third kappa shape index (κ3) is 7.10. The molecule has 6 atom stereocenters. The van der Waals surface area contributed by atoms with Gasteiger partial charge in [-0.3, -0.25) is 9.80 Å². The molecule has 0 spiro atoms. The van der Waals surface area contributed by atoms with Gasteiger partial charge < -0.3 is 19.4 Å². The number of likely N-dealkylation sites (tertiary alicyclic amines) is 2. The van der Waals surface area contributed by atoms with Crippen molar-refractivity contribution < 1.29 is 19.1 Å². The summed E-state index contributed by atoms with van der Waals surface area (Å²) in [6.45, 7) is 17.1. The molecule has 2 aliphatic heterocycles. The topological polar surface area (TPSA) is 116 Å². The third-order valence-corrected chi connectivity index (χ3v) is 12.4. The van der Waals surface area contributed by atoms with Crippen molar-refractivity contribution in [3.05, 3.63) is 83.6 Å². The van der Waals surface area contributed by atoms with E-state index in [0.29, 0.717) is 36.8 Å². The molecule has 1 saturated carbocycles. The number of carbonyl (C=O) groups is 2. The molecule has 2 amide bonds. The third-order valence-electron chi connectivity index (χ3n) is 12.4. The fourth-order valence-corrected chi connectivity index (χ4v) is 10.0. The number of rotatable bonds is 5. The number of nitrogens with zero attached hydrogens (tertiary/aromatic N) is 4. The molecule has 57 heavy (non-hydrogen) atoms. The highest BCUT2D eigenvalue weighted by Gasteiger charge is 2.42. The van der Waals surface area contributed by atoms with Gasteiger partial charge in [0.25, 0.3) is 0 Å². The van der Waals surface area contributed by atoms with Gasteiger partial charge in [0.05, 0.1) is 35.0 Å². The van der Waals surface area contributed by atoms with Crippen LogP contribution in [0.5, 0.6) is 0 Å². The van der Waals surface area contributed by atoms with Crippen molar-refractivity contribution in [2.75, 3.05) is 13.1 Å². The number of ether oxygens (including phenoxy) is 2. The molecule has 2 bridgehead atoms. The fourth-order valence-electron chi connectivity index (χ4n) is 10.0. The molecule has 10 heteroatoms. The van der Waals surface area contributed by atoms with Gasteiger partial charge >= 0.3 is 12.2 Å². The summed E-state index contributed by atoms with van der Waals surface area (Å²) < 4.78 is 11.5. The quantitative estimate of drug-likeness (QED) is 0.184. The van der Waals surface area contributed by atoms with Gasteiger partial charge in [0.15, 0.2) is 0 Å². The van der Waals surface area contributed by atoms with E-state index in [1.165, 1.54) is 52.6 Å². The van der Waals surface area contributed by atoms with Crippen LogP contribution in [0.4, 0.5) is 9.59 Å². The Kier molecular flexibility index (Phi) is 9.05. The summed E-state index contributed by atoms with van der Waals surface area (Å²) >= 11 is 0. The van der Waals surface area contributed by atoms with Crippen LogP contribution in [0.15, 0.2) is 60.8 Å². The SMILES string of the molecule is C[C@@H]1C[C@@H](c2ncc(-c3ccc(-c4ccc(-c5ccc6nc([C@@H]7C[C@@H](C)CN7C(=O)OC(C)(C)C)[nH]c6c5)c5c4C4CCC5C4)cc3)[nH]2)N(C(=O)OC(C)(C)C)C1. The van der Waals surface area contributed by atoms with Crippen LogP contribution < -0.4 is 0 Å². The summed E-state index contributed by atoms with van der Waals surface area (Å²) in [5, 5.41) is 0. The van der Waals surface area contributed by atoms with E-state index in [2.05, 4.69) is 78.4 Å².